The van der Waals surface area contributed by atoms with Crippen molar-refractivity contribution < 1.29 is 4.42 Å². The second-order valence-electron chi connectivity index (χ2n) is 2.76. The van der Waals surface area contributed by atoms with Crippen molar-refractivity contribution in [3.8, 4) is 0 Å². The highest BCUT2D eigenvalue weighted by atomic mass is 16.3. The van der Waals surface area contributed by atoms with Gasteiger partial charge in [0.1, 0.15) is 0 Å². The van der Waals surface area contributed by atoms with Gasteiger partial charge >= 0.3 is 0 Å². The molecule has 1 aromatic heterocycles. The van der Waals surface area contributed by atoms with Gasteiger partial charge in [-0.1, -0.05) is 24.3 Å². The van der Waals surface area contributed by atoms with Gasteiger partial charge in [0.05, 0.1) is 12.5 Å². The number of fused-ring (bicyclic) bond motifs is 1. The fourth-order valence-electron chi connectivity index (χ4n) is 1.28. The van der Waals surface area contributed by atoms with Crippen molar-refractivity contribution >= 4 is 16.8 Å². The zero-order valence-electron chi connectivity index (χ0n) is 6.95. The van der Waals surface area contributed by atoms with Crippen molar-refractivity contribution in [2.45, 2.75) is 6.92 Å². The number of benzene rings is 1. The molecule has 0 N–H and O–H groups in total. The Morgan fingerprint density at radius 3 is 2.83 bits per heavy atom. The fraction of sp³-hybridized carbons (Fsp3) is 0.0909. The maximum Gasteiger partial charge on any atom is 0.0981 e. The molecule has 12 heavy (non-hydrogen) atoms. The van der Waals surface area contributed by atoms with E-state index in [1.165, 1.54) is 5.56 Å². The van der Waals surface area contributed by atoms with Crippen LogP contribution in [0, 0.1) is 0 Å². The van der Waals surface area contributed by atoms with Crippen LogP contribution in [0.5, 0.6) is 0 Å². The zero-order chi connectivity index (χ0) is 8.39. The quantitative estimate of drug-likeness (QED) is 0.619. The highest BCUT2D eigenvalue weighted by molar-refractivity contribution is 5.83. The first-order valence-electron chi connectivity index (χ1n) is 3.99. The summed E-state index contributed by atoms with van der Waals surface area (Å²) in [5.74, 6) is 0. The third-order valence-corrected chi connectivity index (χ3v) is 1.86. The Balaban J connectivity index is 2.60. The SMILES string of the molecule is CC=Cc1ccc2cocc2c1. The molecule has 0 aliphatic heterocycles. The van der Waals surface area contributed by atoms with Gasteiger partial charge in [-0.3, -0.25) is 0 Å². The van der Waals surface area contributed by atoms with Gasteiger partial charge in [-0.15, -0.1) is 0 Å². The van der Waals surface area contributed by atoms with Crippen LogP contribution >= 0.6 is 0 Å². The van der Waals surface area contributed by atoms with Gasteiger partial charge in [-0.05, 0) is 18.6 Å². The molecule has 0 aliphatic carbocycles. The van der Waals surface area contributed by atoms with E-state index < -0.39 is 0 Å². The first kappa shape index (κ1) is 7.17. The molecule has 0 radical (unpaired) electrons. The minimum Gasteiger partial charge on any atom is -0.471 e. The first-order valence-corrected chi connectivity index (χ1v) is 3.99. The van der Waals surface area contributed by atoms with Crippen molar-refractivity contribution in [3.05, 3.63) is 42.4 Å². The molecule has 1 heterocycles. The lowest BCUT2D eigenvalue weighted by molar-refractivity contribution is 0.572. The molecule has 1 nitrogen and oxygen atoms in total. The van der Waals surface area contributed by atoms with Gasteiger partial charge < -0.3 is 4.42 Å². The molecule has 2 aromatic rings. The zero-order valence-corrected chi connectivity index (χ0v) is 6.95. The lowest BCUT2D eigenvalue weighted by Gasteiger charge is -1.91. The molecule has 0 fully saturated rings. The van der Waals surface area contributed by atoms with Gasteiger partial charge in [0.15, 0.2) is 0 Å². The molecular weight excluding hydrogens is 148 g/mol. The summed E-state index contributed by atoms with van der Waals surface area (Å²) in [6.07, 6.45) is 7.63. The Morgan fingerprint density at radius 2 is 2.00 bits per heavy atom. The molecule has 0 spiro atoms. The third kappa shape index (κ3) is 1.14. The summed E-state index contributed by atoms with van der Waals surface area (Å²) in [5, 5.41) is 2.31. The van der Waals surface area contributed by atoms with E-state index in [1.807, 2.05) is 13.0 Å². The Bertz CT molecular complexity index is 410. The molecule has 60 valence electrons. The number of rotatable bonds is 1. The summed E-state index contributed by atoms with van der Waals surface area (Å²) in [5.41, 5.74) is 1.21. The molecule has 2 rings (SSSR count). The monoisotopic (exact) mass is 158 g/mol. The normalized spacial score (nSPS) is 11.4. The van der Waals surface area contributed by atoms with Crippen LogP contribution in [-0.2, 0) is 0 Å². The van der Waals surface area contributed by atoms with Crippen LogP contribution in [-0.4, -0.2) is 0 Å². The Labute approximate surface area is 71.3 Å². The lowest BCUT2D eigenvalue weighted by atomic mass is 10.1. The highest BCUT2D eigenvalue weighted by Crippen LogP contribution is 2.17. The van der Waals surface area contributed by atoms with Gasteiger partial charge in [-0.2, -0.15) is 0 Å². The van der Waals surface area contributed by atoms with Gasteiger partial charge in [0.25, 0.3) is 0 Å². The number of furan rings is 1. The average Bonchev–Trinajstić information content (AvgIpc) is 2.51. The molecule has 1 aromatic carbocycles. The third-order valence-electron chi connectivity index (χ3n) is 1.86. The largest absolute Gasteiger partial charge is 0.471 e. The Hall–Kier alpha value is -1.50. The fourth-order valence-corrected chi connectivity index (χ4v) is 1.28. The van der Waals surface area contributed by atoms with Crippen molar-refractivity contribution in [2.75, 3.05) is 0 Å². The number of hydrogen-bond acceptors (Lipinski definition) is 1. The van der Waals surface area contributed by atoms with Crippen LogP contribution in [0.3, 0.4) is 0 Å². The molecule has 0 unspecified atom stereocenters. The molecular formula is C11H10O. The van der Waals surface area contributed by atoms with E-state index in [9.17, 15) is 0 Å². The second-order valence-corrected chi connectivity index (χ2v) is 2.76. The van der Waals surface area contributed by atoms with Gasteiger partial charge in [0, 0.05) is 10.8 Å². The van der Waals surface area contributed by atoms with E-state index >= 15 is 0 Å². The van der Waals surface area contributed by atoms with Crippen LogP contribution in [0.2, 0.25) is 0 Å². The Kier molecular flexibility index (Phi) is 1.71. The smallest absolute Gasteiger partial charge is 0.0981 e. The first-order chi connectivity index (χ1) is 5.90. The Morgan fingerprint density at radius 1 is 1.17 bits per heavy atom. The maximum absolute atomic E-state index is 5.07. The van der Waals surface area contributed by atoms with E-state index in [1.54, 1.807) is 12.5 Å². The predicted octanol–water partition coefficient (Wildman–Crippen LogP) is 3.47. The number of hydrogen-bond donors (Lipinski definition) is 0. The summed E-state index contributed by atoms with van der Waals surface area (Å²) < 4.78 is 5.07. The summed E-state index contributed by atoms with van der Waals surface area (Å²) in [7, 11) is 0. The van der Waals surface area contributed by atoms with Crippen molar-refractivity contribution in [3.63, 3.8) is 0 Å². The van der Waals surface area contributed by atoms with E-state index in [0.29, 0.717) is 0 Å². The lowest BCUT2D eigenvalue weighted by Crippen LogP contribution is -1.69. The van der Waals surface area contributed by atoms with Crippen LogP contribution in [0.4, 0.5) is 0 Å². The van der Waals surface area contributed by atoms with Crippen LogP contribution in [0.1, 0.15) is 12.5 Å². The summed E-state index contributed by atoms with van der Waals surface area (Å²) in [6.45, 7) is 2.01. The molecule has 0 saturated heterocycles. The summed E-state index contributed by atoms with van der Waals surface area (Å²) >= 11 is 0. The summed E-state index contributed by atoms with van der Waals surface area (Å²) in [4.78, 5) is 0. The highest BCUT2D eigenvalue weighted by Gasteiger charge is 1.94. The van der Waals surface area contributed by atoms with Crippen molar-refractivity contribution in [1.82, 2.24) is 0 Å². The molecule has 0 amide bonds. The van der Waals surface area contributed by atoms with Crippen molar-refractivity contribution in [2.24, 2.45) is 0 Å². The molecule has 1 heteroatoms. The standard InChI is InChI=1S/C11H10O/c1-2-3-9-4-5-10-7-12-8-11(10)6-9/h2-8H,1H3. The molecule has 0 bridgehead atoms. The van der Waals surface area contributed by atoms with E-state index in [2.05, 4.69) is 24.3 Å². The van der Waals surface area contributed by atoms with Crippen LogP contribution in [0.15, 0.2) is 41.2 Å². The minimum absolute atomic E-state index is 1.16. The van der Waals surface area contributed by atoms with E-state index in [0.717, 1.165) is 10.8 Å². The number of allylic oxidation sites excluding steroid dienone is 1. The van der Waals surface area contributed by atoms with Crippen LogP contribution in [0.25, 0.3) is 16.8 Å². The molecule has 0 saturated carbocycles. The van der Waals surface area contributed by atoms with Crippen molar-refractivity contribution in [1.29, 1.82) is 0 Å². The molecule has 0 atom stereocenters. The van der Waals surface area contributed by atoms with E-state index in [4.69, 9.17) is 4.42 Å². The predicted molar refractivity (Wildman–Crippen MR) is 50.9 cm³/mol. The second kappa shape index (κ2) is 2.86. The van der Waals surface area contributed by atoms with E-state index in [-0.39, 0.29) is 0 Å². The maximum atomic E-state index is 5.07. The summed E-state index contributed by atoms with van der Waals surface area (Å²) in [6, 6.07) is 6.25. The van der Waals surface area contributed by atoms with Crippen LogP contribution < -0.4 is 0 Å². The van der Waals surface area contributed by atoms with Gasteiger partial charge in [-0.25, -0.2) is 0 Å². The average molecular weight is 158 g/mol. The topological polar surface area (TPSA) is 13.1 Å². The molecule has 0 aliphatic rings. The van der Waals surface area contributed by atoms with Gasteiger partial charge in [0.2, 0.25) is 0 Å². The minimum atomic E-state index is 1.16.